The summed E-state index contributed by atoms with van der Waals surface area (Å²) in [6.45, 7) is 0. The molecule has 4 nitrogen and oxygen atoms in total. The Balaban J connectivity index is 0.00000161. The van der Waals surface area contributed by atoms with Crippen LogP contribution in [0.1, 0.15) is 24.8 Å². The number of hydrogen-bond acceptors (Lipinski definition) is 2. The van der Waals surface area contributed by atoms with Crippen molar-refractivity contribution >= 4 is 29.2 Å². The molecule has 1 amide bonds. The van der Waals surface area contributed by atoms with Crippen LogP contribution in [0, 0.1) is 0 Å². The maximum Gasteiger partial charge on any atom is 0.239 e. The van der Waals surface area contributed by atoms with Gasteiger partial charge in [-0.15, -0.1) is 12.4 Å². The lowest BCUT2D eigenvalue weighted by Crippen LogP contribution is -2.49. The molecule has 0 unspecified atom stereocenters. The van der Waals surface area contributed by atoms with Gasteiger partial charge in [-0.05, 0) is 37.3 Å². The van der Waals surface area contributed by atoms with Crippen LogP contribution in [0.2, 0.25) is 0 Å². The zero-order valence-corrected chi connectivity index (χ0v) is 13.0. The Kier molecular flexibility index (Phi) is 4.91. The highest BCUT2D eigenvalue weighted by Crippen LogP contribution is 2.24. The Labute approximate surface area is 131 Å². The molecule has 0 spiro atoms. The number of H-pyrrole nitrogens is 1. The van der Waals surface area contributed by atoms with Crippen molar-refractivity contribution in [1.82, 2.24) is 9.88 Å². The minimum atomic E-state index is -0.459. The standard InChI is InChI=1S/C16H21N3O.ClH/c1-19(12-5-4-6-12)16(20)14(17)9-11-10-18-15-8-3-2-7-13(11)15;/h2-3,7-8,10,12,14,18H,4-6,9,17H2,1H3;1H/t14-;/m0./s1. The highest BCUT2D eigenvalue weighted by Gasteiger charge is 2.28. The summed E-state index contributed by atoms with van der Waals surface area (Å²) in [7, 11) is 1.88. The van der Waals surface area contributed by atoms with Gasteiger partial charge in [0.1, 0.15) is 0 Å². The monoisotopic (exact) mass is 307 g/mol. The first-order chi connectivity index (χ1) is 9.66. The third-order valence-corrected chi connectivity index (χ3v) is 4.40. The van der Waals surface area contributed by atoms with Gasteiger partial charge in [0.25, 0.3) is 0 Å². The zero-order valence-electron chi connectivity index (χ0n) is 12.2. The summed E-state index contributed by atoms with van der Waals surface area (Å²) in [6, 6.07) is 8.04. The molecule has 1 aromatic heterocycles. The third kappa shape index (κ3) is 3.06. The number of nitrogens with two attached hydrogens (primary N) is 1. The Morgan fingerprint density at radius 1 is 1.43 bits per heavy atom. The Morgan fingerprint density at radius 3 is 2.81 bits per heavy atom. The predicted molar refractivity (Wildman–Crippen MR) is 87.6 cm³/mol. The first-order valence-electron chi connectivity index (χ1n) is 7.24. The molecule has 0 aliphatic heterocycles. The number of halogens is 1. The largest absolute Gasteiger partial charge is 0.361 e. The Hall–Kier alpha value is -1.52. The van der Waals surface area contributed by atoms with Gasteiger partial charge in [-0.1, -0.05) is 18.2 Å². The molecular formula is C16H22ClN3O. The summed E-state index contributed by atoms with van der Waals surface area (Å²) in [5.41, 5.74) is 8.32. The highest BCUT2D eigenvalue weighted by atomic mass is 35.5. The molecule has 1 aromatic carbocycles. The first kappa shape index (κ1) is 15.9. The number of amides is 1. The molecule has 0 saturated heterocycles. The third-order valence-electron chi connectivity index (χ3n) is 4.40. The van der Waals surface area contributed by atoms with Crippen LogP contribution in [0.15, 0.2) is 30.5 Å². The topological polar surface area (TPSA) is 62.1 Å². The zero-order chi connectivity index (χ0) is 14.1. The fourth-order valence-corrected chi connectivity index (χ4v) is 2.84. The number of hydrogen-bond donors (Lipinski definition) is 2. The number of rotatable bonds is 4. The number of nitrogens with zero attached hydrogens (tertiary/aromatic N) is 1. The van der Waals surface area contributed by atoms with Crippen molar-refractivity contribution in [3.8, 4) is 0 Å². The van der Waals surface area contributed by atoms with Gasteiger partial charge >= 0.3 is 0 Å². The molecule has 0 radical (unpaired) electrons. The number of para-hydroxylation sites is 1. The van der Waals surface area contributed by atoms with Crippen LogP contribution in [0.4, 0.5) is 0 Å². The number of aromatic amines is 1. The van der Waals surface area contributed by atoms with E-state index in [4.69, 9.17) is 5.73 Å². The van der Waals surface area contributed by atoms with E-state index < -0.39 is 6.04 Å². The predicted octanol–water partition coefficient (Wildman–Crippen LogP) is 2.47. The number of aromatic nitrogens is 1. The molecule has 3 rings (SSSR count). The molecule has 1 fully saturated rings. The van der Waals surface area contributed by atoms with Crippen molar-refractivity contribution in [1.29, 1.82) is 0 Å². The van der Waals surface area contributed by atoms with Gasteiger partial charge in [0.2, 0.25) is 5.91 Å². The summed E-state index contributed by atoms with van der Waals surface area (Å²) in [5.74, 6) is 0.0555. The van der Waals surface area contributed by atoms with Crippen LogP contribution in [0.25, 0.3) is 10.9 Å². The van der Waals surface area contributed by atoms with Gasteiger partial charge in [0.15, 0.2) is 0 Å². The van der Waals surface area contributed by atoms with Gasteiger partial charge in [-0.3, -0.25) is 4.79 Å². The van der Waals surface area contributed by atoms with Crippen molar-refractivity contribution in [2.24, 2.45) is 5.73 Å². The number of carbonyl (C=O) groups is 1. The fourth-order valence-electron chi connectivity index (χ4n) is 2.84. The molecule has 5 heteroatoms. The minimum Gasteiger partial charge on any atom is -0.361 e. The summed E-state index contributed by atoms with van der Waals surface area (Å²) < 4.78 is 0. The molecule has 1 heterocycles. The van der Waals surface area contributed by atoms with E-state index in [0.717, 1.165) is 29.3 Å². The number of benzene rings is 1. The molecule has 114 valence electrons. The van der Waals surface area contributed by atoms with E-state index in [-0.39, 0.29) is 18.3 Å². The smallest absolute Gasteiger partial charge is 0.239 e. The Bertz CT molecular complexity index is 621. The maximum absolute atomic E-state index is 12.3. The van der Waals surface area contributed by atoms with Gasteiger partial charge in [-0.2, -0.15) is 0 Å². The van der Waals surface area contributed by atoms with Crippen molar-refractivity contribution in [3.05, 3.63) is 36.0 Å². The maximum atomic E-state index is 12.3. The van der Waals surface area contributed by atoms with E-state index >= 15 is 0 Å². The van der Waals surface area contributed by atoms with Gasteiger partial charge in [-0.25, -0.2) is 0 Å². The van der Waals surface area contributed by atoms with Crippen LogP contribution in [-0.4, -0.2) is 34.9 Å². The van der Waals surface area contributed by atoms with E-state index in [1.807, 2.05) is 36.3 Å². The van der Waals surface area contributed by atoms with Gasteiger partial charge < -0.3 is 15.6 Å². The quantitative estimate of drug-likeness (QED) is 0.911. The normalized spacial score (nSPS) is 16.1. The fraction of sp³-hybridized carbons (Fsp3) is 0.438. The lowest BCUT2D eigenvalue weighted by molar-refractivity contribution is -0.134. The summed E-state index contributed by atoms with van der Waals surface area (Å²) in [4.78, 5) is 17.4. The van der Waals surface area contributed by atoms with Gasteiger partial charge in [0.05, 0.1) is 6.04 Å². The lowest BCUT2D eigenvalue weighted by atomic mass is 9.91. The van der Waals surface area contributed by atoms with Crippen LogP contribution in [0.3, 0.4) is 0 Å². The number of fused-ring (bicyclic) bond motifs is 1. The lowest BCUT2D eigenvalue weighted by Gasteiger charge is -2.36. The van der Waals surface area contributed by atoms with E-state index in [2.05, 4.69) is 11.1 Å². The van der Waals surface area contributed by atoms with E-state index in [1.165, 1.54) is 6.42 Å². The second-order valence-electron chi connectivity index (χ2n) is 5.70. The number of carbonyl (C=O) groups excluding carboxylic acids is 1. The highest BCUT2D eigenvalue weighted by molar-refractivity contribution is 5.86. The van der Waals surface area contributed by atoms with Crippen molar-refractivity contribution < 1.29 is 4.79 Å². The van der Waals surface area contributed by atoms with Crippen LogP contribution < -0.4 is 5.73 Å². The molecule has 3 N–H and O–H groups in total. The average molecular weight is 308 g/mol. The first-order valence-corrected chi connectivity index (χ1v) is 7.24. The SMILES string of the molecule is CN(C(=O)[C@@H](N)Cc1c[nH]c2ccccc12)C1CCC1.Cl. The molecule has 0 bridgehead atoms. The van der Waals surface area contributed by atoms with Crippen molar-refractivity contribution in [3.63, 3.8) is 0 Å². The summed E-state index contributed by atoms with van der Waals surface area (Å²) in [5, 5.41) is 1.15. The number of nitrogens with one attached hydrogen (secondary N) is 1. The second-order valence-corrected chi connectivity index (χ2v) is 5.70. The van der Waals surface area contributed by atoms with Gasteiger partial charge in [0, 0.05) is 30.2 Å². The van der Waals surface area contributed by atoms with E-state index in [1.54, 1.807) is 0 Å². The summed E-state index contributed by atoms with van der Waals surface area (Å²) >= 11 is 0. The molecule has 1 atom stereocenters. The molecule has 1 aliphatic rings. The molecule has 21 heavy (non-hydrogen) atoms. The minimum absolute atomic E-state index is 0. The van der Waals surface area contributed by atoms with E-state index in [9.17, 15) is 4.79 Å². The Morgan fingerprint density at radius 2 is 2.14 bits per heavy atom. The molecular weight excluding hydrogens is 286 g/mol. The average Bonchev–Trinajstić information content (AvgIpc) is 2.79. The molecule has 1 aliphatic carbocycles. The van der Waals surface area contributed by atoms with Crippen LogP contribution in [0.5, 0.6) is 0 Å². The van der Waals surface area contributed by atoms with E-state index in [0.29, 0.717) is 12.5 Å². The van der Waals surface area contributed by atoms with Crippen molar-refractivity contribution in [2.75, 3.05) is 7.05 Å². The van der Waals surface area contributed by atoms with Crippen LogP contribution >= 0.6 is 12.4 Å². The summed E-state index contributed by atoms with van der Waals surface area (Å²) in [6.07, 6.45) is 5.99. The van der Waals surface area contributed by atoms with Crippen molar-refractivity contribution in [2.45, 2.75) is 37.8 Å². The van der Waals surface area contributed by atoms with Crippen LogP contribution in [-0.2, 0) is 11.2 Å². The second kappa shape index (κ2) is 6.50. The number of likely N-dealkylation sites (N-methyl/N-ethyl adjacent to an activating group) is 1. The molecule has 1 saturated carbocycles. The molecule has 2 aromatic rings.